The van der Waals surface area contributed by atoms with Crippen LogP contribution in [0, 0.1) is 0 Å². The first-order valence-corrected chi connectivity index (χ1v) is 8.37. The summed E-state index contributed by atoms with van der Waals surface area (Å²) in [7, 11) is 0. The molecule has 3 aromatic carbocycles. The molecule has 128 valence electrons. The van der Waals surface area contributed by atoms with E-state index >= 15 is 0 Å². The molecule has 26 heavy (non-hydrogen) atoms. The summed E-state index contributed by atoms with van der Waals surface area (Å²) < 4.78 is 0. The van der Waals surface area contributed by atoms with Gasteiger partial charge in [0.25, 0.3) is 0 Å². The van der Waals surface area contributed by atoms with E-state index in [0.717, 1.165) is 39.0 Å². The molecule has 0 saturated heterocycles. The molecular formula is C21H19N5. The van der Waals surface area contributed by atoms with Crippen molar-refractivity contribution in [3.8, 4) is 22.4 Å². The molecule has 0 saturated carbocycles. The minimum absolute atomic E-state index is 0.410. The number of para-hydroxylation sites is 1. The van der Waals surface area contributed by atoms with Crippen LogP contribution in [0.2, 0.25) is 0 Å². The highest BCUT2D eigenvalue weighted by Crippen LogP contribution is 2.31. The molecule has 0 radical (unpaired) electrons. The predicted molar refractivity (Wildman–Crippen MR) is 107 cm³/mol. The van der Waals surface area contributed by atoms with Gasteiger partial charge < -0.3 is 17.2 Å². The topological polar surface area (TPSA) is 104 Å². The normalized spacial score (nSPS) is 11.0. The van der Waals surface area contributed by atoms with Gasteiger partial charge in [-0.25, -0.2) is 9.97 Å². The third-order valence-corrected chi connectivity index (χ3v) is 4.41. The van der Waals surface area contributed by atoms with E-state index in [4.69, 9.17) is 22.2 Å². The van der Waals surface area contributed by atoms with Crippen LogP contribution >= 0.6 is 0 Å². The van der Waals surface area contributed by atoms with Gasteiger partial charge in [-0.2, -0.15) is 0 Å². The molecule has 0 aliphatic rings. The lowest BCUT2D eigenvalue weighted by molar-refractivity contribution is 1.07. The van der Waals surface area contributed by atoms with Gasteiger partial charge in [0.05, 0.1) is 11.0 Å². The first-order valence-electron chi connectivity index (χ1n) is 8.37. The van der Waals surface area contributed by atoms with Crippen molar-refractivity contribution in [3.63, 3.8) is 0 Å². The second-order valence-corrected chi connectivity index (χ2v) is 6.15. The number of hydrogen-bond acceptors (Lipinski definition) is 5. The van der Waals surface area contributed by atoms with Crippen molar-refractivity contribution < 1.29 is 0 Å². The Labute approximate surface area is 151 Å². The Morgan fingerprint density at radius 2 is 1.42 bits per heavy atom. The zero-order chi connectivity index (χ0) is 18.1. The Hall–Kier alpha value is -3.44. The van der Waals surface area contributed by atoms with Crippen molar-refractivity contribution in [2.45, 2.75) is 6.54 Å². The summed E-state index contributed by atoms with van der Waals surface area (Å²) in [5, 5.41) is 0. The van der Waals surface area contributed by atoms with Crippen LogP contribution in [-0.4, -0.2) is 9.97 Å². The van der Waals surface area contributed by atoms with E-state index in [0.29, 0.717) is 18.1 Å². The predicted octanol–water partition coefficient (Wildman–Crippen LogP) is 3.59. The van der Waals surface area contributed by atoms with Gasteiger partial charge in [-0.05, 0) is 29.3 Å². The molecule has 4 aromatic rings. The smallest absolute Gasteiger partial charge is 0.150 e. The maximum absolute atomic E-state index is 6.18. The molecule has 1 heterocycles. The van der Waals surface area contributed by atoms with Crippen molar-refractivity contribution in [1.29, 1.82) is 0 Å². The molecule has 0 fully saturated rings. The summed E-state index contributed by atoms with van der Waals surface area (Å²) in [6.45, 7) is 0.500. The van der Waals surface area contributed by atoms with E-state index in [-0.39, 0.29) is 0 Å². The number of rotatable bonds is 3. The van der Waals surface area contributed by atoms with Crippen LogP contribution in [-0.2, 0) is 6.54 Å². The van der Waals surface area contributed by atoms with Crippen LogP contribution in [0.5, 0.6) is 0 Å². The Morgan fingerprint density at radius 3 is 2.12 bits per heavy atom. The zero-order valence-corrected chi connectivity index (χ0v) is 14.2. The van der Waals surface area contributed by atoms with E-state index in [2.05, 4.69) is 4.98 Å². The van der Waals surface area contributed by atoms with Crippen LogP contribution in [0.1, 0.15) is 5.56 Å². The Kier molecular flexibility index (Phi) is 3.99. The number of nitrogens with two attached hydrogens (primary N) is 3. The van der Waals surface area contributed by atoms with Gasteiger partial charge in [-0.15, -0.1) is 0 Å². The average molecular weight is 341 g/mol. The lowest BCUT2D eigenvalue weighted by Gasteiger charge is -2.11. The number of hydrogen-bond donors (Lipinski definition) is 3. The average Bonchev–Trinajstić information content (AvgIpc) is 2.68. The van der Waals surface area contributed by atoms with Gasteiger partial charge in [0.2, 0.25) is 0 Å². The molecule has 6 N–H and O–H groups in total. The molecule has 5 heteroatoms. The summed E-state index contributed by atoms with van der Waals surface area (Å²) in [6.07, 6.45) is 0. The van der Waals surface area contributed by atoms with Crippen LogP contribution in [0.15, 0.2) is 66.7 Å². The van der Waals surface area contributed by atoms with Crippen molar-refractivity contribution in [2.24, 2.45) is 5.73 Å². The summed E-state index contributed by atoms with van der Waals surface area (Å²) in [4.78, 5) is 9.41. The number of nitrogen functional groups attached to an aromatic ring is 2. The summed E-state index contributed by atoms with van der Waals surface area (Å²) >= 11 is 0. The molecule has 0 unspecified atom stereocenters. The molecule has 4 rings (SSSR count). The molecule has 0 bridgehead atoms. The largest absolute Gasteiger partial charge is 0.399 e. The SMILES string of the molecule is NCc1ccc(-c2nc3c(-c4ccc(N)cc4)cccc3nc2N)cc1. The first kappa shape index (κ1) is 16.1. The molecule has 1 aromatic heterocycles. The van der Waals surface area contributed by atoms with Gasteiger partial charge in [0.1, 0.15) is 5.69 Å². The van der Waals surface area contributed by atoms with Crippen molar-refractivity contribution in [1.82, 2.24) is 9.97 Å². The molecule has 0 spiro atoms. The van der Waals surface area contributed by atoms with Crippen molar-refractivity contribution in [3.05, 3.63) is 72.3 Å². The number of aromatic nitrogens is 2. The Morgan fingerprint density at radius 1 is 0.731 bits per heavy atom. The second-order valence-electron chi connectivity index (χ2n) is 6.15. The Balaban J connectivity index is 1.91. The lowest BCUT2D eigenvalue weighted by atomic mass is 10.0. The third-order valence-electron chi connectivity index (χ3n) is 4.41. The lowest BCUT2D eigenvalue weighted by Crippen LogP contribution is -2.00. The minimum atomic E-state index is 0.410. The maximum atomic E-state index is 6.18. The molecule has 0 atom stereocenters. The van der Waals surface area contributed by atoms with E-state index in [1.54, 1.807) is 0 Å². The van der Waals surface area contributed by atoms with Crippen LogP contribution in [0.4, 0.5) is 11.5 Å². The van der Waals surface area contributed by atoms with Crippen molar-refractivity contribution >= 4 is 22.5 Å². The zero-order valence-electron chi connectivity index (χ0n) is 14.2. The van der Waals surface area contributed by atoms with Gasteiger partial charge in [0.15, 0.2) is 5.82 Å². The van der Waals surface area contributed by atoms with E-state index < -0.39 is 0 Å². The highest BCUT2D eigenvalue weighted by atomic mass is 14.9. The number of anilines is 2. The van der Waals surface area contributed by atoms with E-state index in [1.165, 1.54) is 0 Å². The summed E-state index contributed by atoms with van der Waals surface area (Å²) in [5.74, 6) is 0.410. The van der Waals surface area contributed by atoms with Gasteiger partial charge in [-0.3, -0.25) is 0 Å². The molecular weight excluding hydrogens is 322 g/mol. The van der Waals surface area contributed by atoms with Crippen LogP contribution in [0.3, 0.4) is 0 Å². The highest BCUT2D eigenvalue weighted by molar-refractivity contribution is 5.94. The third kappa shape index (κ3) is 2.85. The number of benzene rings is 3. The molecule has 0 aliphatic carbocycles. The molecule has 0 aliphatic heterocycles. The molecule has 0 amide bonds. The minimum Gasteiger partial charge on any atom is -0.399 e. The van der Waals surface area contributed by atoms with Crippen molar-refractivity contribution in [2.75, 3.05) is 11.5 Å². The van der Waals surface area contributed by atoms with Crippen LogP contribution in [0.25, 0.3) is 33.4 Å². The fourth-order valence-corrected chi connectivity index (χ4v) is 3.00. The number of nitrogens with zero attached hydrogens (tertiary/aromatic N) is 2. The van der Waals surface area contributed by atoms with E-state index in [1.807, 2.05) is 66.7 Å². The maximum Gasteiger partial charge on any atom is 0.150 e. The Bertz CT molecular complexity index is 1070. The summed E-state index contributed by atoms with van der Waals surface area (Å²) in [6, 6.07) is 21.5. The first-order chi connectivity index (χ1) is 12.7. The van der Waals surface area contributed by atoms with E-state index in [9.17, 15) is 0 Å². The van der Waals surface area contributed by atoms with Gasteiger partial charge in [-0.1, -0.05) is 48.5 Å². The molecule has 5 nitrogen and oxygen atoms in total. The quantitative estimate of drug-likeness (QED) is 0.494. The van der Waals surface area contributed by atoms with Gasteiger partial charge in [0, 0.05) is 23.4 Å². The second kappa shape index (κ2) is 6.46. The summed E-state index contributed by atoms with van der Waals surface area (Å²) in [5.41, 5.74) is 24.6. The number of fused-ring (bicyclic) bond motifs is 1. The fraction of sp³-hybridized carbons (Fsp3) is 0.0476. The van der Waals surface area contributed by atoms with Gasteiger partial charge >= 0.3 is 0 Å². The fourth-order valence-electron chi connectivity index (χ4n) is 3.00. The standard InChI is InChI=1S/C21H19N5/c22-12-13-4-6-15(7-5-13)19-21(24)25-18-3-1-2-17(20(18)26-19)14-8-10-16(23)11-9-14/h1-11H,12,22-23H2,(H2,24,25). The monoisotopic (exact) mass is 341 g/mol. The highest BCUT2D eigenvalue weighted by Gasteiger charge is 2.12. The van der Waals surface area contributed by atoms with Crippen LogP contribution < -0.4 is 17.2 Å².